The monoisotopic (exact) mass is 484 g/mol. The maximum absolute atomic E-state index is 13.2. The van der Waals surface area contributed by atoms with E-state index in [9.17, 15) is 17.6 Å². The number of piperidine rings is 1. The third kappa shape index (κ3) is 4.45. The van der Waals surface area contributed by atoms with Crippen LogP contribution in [0.2, 0.25) is 0 Å². The highest BCUT2D eigenvalue weighted by Crippen LogP contribution is 2.31. The van der Waals surface area contributed by atoms with Crippen LogP contribution in [0, 0.1) is 11.7 Å². The van der Waals surface area contributed by atoms with Gasteiger partial charge in [0.1, 0.15) is 23.8 Å². The van der Waals surface area contributed by atoms with Crippen LogP contribution in [0.1, 0.15) is 23.6 Å². The molecule has 3 aromatic rings. The molecule has 7 nitrogen and oxygen atoms in total. The number of halogens is 1. The zero-order valence-electron chi connectivity index (χ0n) is 18.8. The van der Waals surface area contributed by atoms with Crippen LogP contribution in [0.25, 0.3) is 0 Å². The van der Waals surface area contributed by atoms with Crippen molar-refractivity contribution in [3.63, 3.8) is 0 Å². The fourth-order valence-electron chi connectivity index (χ4n) is 5.24. The number of rotatable bonds is 6. The molecule has 1 unspecified atom stereocenters. The summed E-state index contributed by atoms with van der Waals surface area (Å²) >= 11 is 0. The van der Waals surface area contributed by atoms with Gasteiger partial charge in [0.2, 0.25) is 0 Å². The Kier molecular flexibility index (Phi) is 5.91. The second-order valence-corrected chi connectivity index (χ2v) is 10.8. The van der Waals surface area contributed by atoms with E-state index in [1.165, 1.54) is 36.3 Å². The molecule has 1 saturated heterocycles. The summed E-state index contributed by atoms with van der Waals surface area (Å²) in [7, 11) is -2.39. The number of benzene rings is 2. The number of aromatic nitrogens is 1. The molecule has 0 saturated carbocycles. The van der Waals surface area contributed by atoms with E-state index in [-0.39, 0.29) is 27.9 Å². The molecule has 5 rings (SSSR count). The molecule has 1 fully saturated rings. The average molecular weight is 485 g/mol. The average Bonchev–Trinajstić information content (AvgIpc) is 2.82. The van der Waals surface area contributed by atoms with Gasteiger partial charge < -0.3 is 14.2 Å². The van der Waals surface area contributed by atoms with Gasteiger partial charge in [-0.15, -0.1) is 0 Å². The third-order valence-electron chi connectivity index (χ3n) is 6.78. The first-order valence-corrected chi connectivity index (χ1v) is 12.8. The van der Waals surface area contributed by atoms with Crippen LogP contribution in [0.5, 0.6) is 5.75 Å². The molecule has 3 atom stereocenters. The van der Waals surface area contributed by atoms with E-state index in [0.29, 0.717) is 18.2 Å². The zero-order chi connectivity index (χ0) is 23.9. The van der Waals surface area contributed by atoms with Gasteiger partial charge in [0, 0.05) is 29.6 Å². The highest BCUT2D eigenvalue weighted by molar-refractivity contribution is 7.92. The van der Waals surface area contributed by atoms with E-state index in [1.807, 2.05) is 18.2 Å². The normalized spacial score (nSPS) is 21.5. The summed E-state index contributed by atoms with van der Waals surface area (Å²) in [5, 5.41) is 0. The number of nitrogens with one attached hydrogen (secondary N) is 2. The van der Waals surface area contributed by atoms with E-state index in [0.717, 1.165) is 37.3 Å². The maximum Gasteiger partial charge on any atom is 0.275 e. The summed E-state index contributed by atoms with van der Waals surface area (Å²) in [5.41, 5.74) is 1.78. The highest BCUT2D eigenvalue weighted by atomic mass is 32.2. The van der Waals surface area contributed by atoms with Gasteiger partial charge in [-0.3, -0.25) is 9.52 Å². The van der Waals surface area contributed by atoms with Gasteiger partial charge in [-0.1, -0.05) is 12.1 Å². The maximum atomic E-state index is 13.2. The van der Waals surface area contributed by atoms with Crippen LogP contribution < -0.4 is 19.9 Å². The molecule has 0 aliphatic carbocycles. The number of hydrogen-bond acceptors (Lipinski definition) is 4. The summed E-state index contributed by atoms with van der Waals surface area (Å²) < 4.78 is 48.2. The molecule has 2 aliphatic heterocycles. The molecule has 1 aromatic heterocycles. The predicted octanol–water partition coefficient (Wildman–Crippen LogP) is 2.00. The Morgan fingerprint density at radius 3 is 2.50 bits per heavy atom. The molecule has 34 heavy (non-hydrogen) atoms. The van der Waals surface area contributed by atoms with Gasteiger partial charge >= 0.3 is 0 Å². The molecule has 2 N–H and O–H groups in total. The number of methoxy groups -OCH3 is 1. The van der Waals surface area contributed by atoms with E-state index >= 15 is 0 Å². The second kappa shape index (κ2) is 8.88. The van der Waals surface area contributed by atoms with Crippen molar-refractivity contribution in [2.75, 3.05) is 24.9 Å². The number of ether oxygens (including phenoxy) is 1. The van der Waals surface area contributed by atoms with Gasteiger partial charge in [0.05, 0.1) is 25.1 Å². The van der Waals surface area contributed by atoms with Gasteiger partial charge in [0.25, 0.3) is 15.6 Å². The SMILES string of the molecule is COc1ccc(S(=O)(=O)Nc2ccc3n(c2=O)C[C@H]2C[C@@H]3C[NH+](Cc3ccc(F)cc3)C2)cc1. The smallest absolute Gasteiger partial charge is 0.275 e. The first-order valence-electron chi connectivity index (χ1n) is 11.3. The number of nitrogens with zero attached hydrogens (tertiary/aromatic N) is 1. The number of likely N-dealkylation sites (tertiary alicyclic amines) is 1. The topological polar surface area (TPSA) is 81.8 Å². The first kappa shape index (κ1) is 22.6. The van der Waals surface area contributed by atoms with Crippen molar-refractivity contribution in [2.24, 2.45) is 5.92 Å². The zero-order valence-corrected chi connectivity index (χ0v) is 19.6. The van der Waals surface area contributed by atoms with Gasteiger partial charge in [-0.2, -0.15) is 0 Å². The van der Waals surface area contributed by atoms with Crippen molar-refractivity contribution < 1.29 is 22.4 Å². The number of pyridine rings is 1. The van der Waals surface area contributed by atoms with Crippen molar-refractivity contribution in [1.82, 2.24) is 4.57 Å². The fourth-order valence-corrected chi connectivity index (χ4v) is 6.30. The summed E-state index contributed by atoms with van der Waals surface area (Å²) in [5.74, 6) is 0.867. The second-order valence-electron chi connectivity index (χ2n) is 9.13. The molecule has 9 heteroatoms. The van der Waals surface area contributed by atoms with E-state index in [4.69, 9.17) is 4.74 Å². The quantitative estimate of drug-likeness (QED) is 0.561. The van der Waals surface area contributed by atoms with Crippen molar-refractivity contribution in [3.8, 4) is 5.75 Å². The number of quaternary nitrogens is 1. The number of hydrogen-bond donors (Lipinski definition) is 2. The largest absolute Gasteiger partial charge is 0.497 e. The Labute approximate surface area is 197 Å². The van der Waals surface area contributed by atoms with Gasteiger partial charge in [-0.25, -0.2) is 12.8 Å². The molecular formula is C25H27FN3O4S+. The van der Waals surface area contributed by atoms with Gasteiger partial charge in [0.15, 0.2) is 0 Å². The number of fused-ring (bicyclic) bond motifs is 4. The van der Waals surface area contributed by atoms with Crippen molar-refractivity contribution in [3.05, 3.63) is 88.1 Å². The Bertz CT molecular complexity index is 1350. The number of sulfonamides is 1. The van der Waals surface area contributed by atoms with Crippen LogP contribution in [0.4, 0.5) is 10.1 Å². The predicted molar refractivity (Wildman–Crippen MR) is 126 cm³/mol. The lowest BCUT2D eigenvalue weighted by Crippen LogP contribution is -3.13. The lowest BCUT2D eigenvalue weighted by atomic mass is 9.83. The summed E-state index contributed by atoms with van der Waals surface area (Å²) in [6.45, 7) is 3.18. The molecule has 2 aliphatic rings. The number of anilines is 1. The fraction of sp³-hybridized carbons (Fsp3) is 0.320. The molecule has 0 radical (unpaired) electrons. The molecule has 3 heterocycles. The van der Waals surface area contributed by atoms with E-state index < -0.39 is 10.0 Å². The third-order valence-corrected chi connectivity index (χ3v) is 8.16. The van der Waals surface area contributed by atoms with Gasteiger partial charge in [-0.05, 0) is 55.0 Å². The summed E-state index contributed by atoms with van der Waals surface area (Å²) in [6.07, 6.45) is 1.02. The molecule has 178 valence electrons. The van der Waals surface area contributed by atoms with Crippen molar-refractivity contribution >= 4 is 15.7 Å². The summed E-state index contributed by atoms with van der Waals surface area (Å²) in [6, 6.07) is 16.1. The summed E-state index contributed by atoms with van der Waals surface area (Å²) in [4.78, 5) is 14.7. The standard InChI is InChI=1S/C25H26FN3O4S/c1-33-21-6-8-22(9-7-21)34(31,32)27-23-10-11-24-19-12-18(15-29(24)25(23)30)14-28(16-19)13-17-2-4-20(26)5-3-17/h2-11,18-19,27H,12-16H2,1H3/p+1/t18-,19+/m0/s1. The Hall–Kier alpha value is -3.17. The Morgan fingerprint density at radius 2 is 1.79 bits per heavy atom. The minimum absolute atomic E-state index is 0.0510. The molecular weight excluding hydrogens is 457 g/mol. The van der Waals surface area contributed by atoms with Crippen molar-refractivity contribution in [2.45, 2.75) is 30.3 Å². The lowest BCUT2D eigenvalue weighted by molar-refractivity contribution is -0.924. The Balaban J connectivity index is 1.36. The van der Waals surface area contributed by atoms with Crippen LogP contribution >= 0.6 is 0 Å². The van der Waals surface area contributed by atoms with Crippen LogP contribution in [0.3, 0.4) is 0 Å². The van der Waals surface area contributed by atoms with Crippen molar-refractivity contribution in [1.29, 1.82) is 0 Å². The van der Waals surface area contributed by atoms with E-state index in [2.05, 4.69) is 4.72 Å². The van der Waals surface area contributed by atoms with Crippen LogP contribution in [-0.4, -0.2) is 33.2 Å². The van der Waals surface area contributed by atoms with Crippen LogP contribution in [0.15, 0.2) is 70.4 Å². The Morgan fingerprint density at radius 1 is 1.06 bits per heavy atom. The molecule has 0 amide bonds. The lowest BCUT2D eigenvalue weighted by Gasteiger charge is -2.40. The molecule has 2 bridgehead atoms. The highest BCUT2D eigenvalue weighted by Gasteiger charge is 2.37. The first-order chi connectivity index (χ1) is 16.3. The minimum Gasteiger partial charge on any atom is -0.497 e. The minimum atomic E-state index is -3.90. The molecule has 2 aromatic carbocycles. The molecule has 0 spiro atoms. The van der Waals surface area contributed by atoms with E-state index in [1.54, 1.807) is 22.8 Å². The van der Waals surface area contributed by atoms with Crippen LogP contribution in [-0.2, 0) is 23.1 Å².